The van der Waals surface area contributed by atoms with Crippen molar-refractivity contribution in [2.45, 2.75) is 20.3 Å². The topological polar surface area (TPSA) is 43.4 Å². The Kier molecular flexibility index (Phi) is 4.28. The summed E-state index contributed by atoms with van der Waals surface area (Å²) in [5.41, 5.74) is 0. The maximum absolute atomic E-state index is 11.6. The zero-order valence-corrected chi connectivity index (χ0v) is 9.10. The van der Waals surface area contributed by atoms with Crippen LogP contribution in [0.25, 0.3) is 0 Å². The fraction of sp³-hybridized carbons (Fsp3) is 0.500. The molecule has 0 aromatic heterocycles. The second-order valence-corrected chi connectivity index (χ2v) is 3.46. The summed E-state index contributed by atoms with van der Waals surface area (Å²) < 4.78 is 4.90. The van der Waals surface area contributed by atoms with Gasteiger partial charge in [0.2, 0.25) is 0 Å². The van der Waals surface area contributed by atoms with E-state index in [4.69, 9.17) is 4.74 Å². The van der Waals surface area contributed by atoms with Gasteiger partial charge in [0.25, 0.3) is 0 Å². The lowest BCUT2D eigenvalue weighted by Gasteiger charge is -2.22. The Morgan fingerprint density at radius 3 is 3.00 bits per heavy atom. The van der Waals surface area contributed by atoms with Gasteiger partial charge in [-0.05, 0) is 26.3 Å². The smallest absolute Gasteiger partial charge is 0.317 e. The highest BCUT2D eigenvalue weighted by Gasteiger charge is 2.34. The van der Waals surface area contributed by atoms with Crippen molar-refractivity contribution in [3.8, 4) is 0 Å². The highest BCUT2D eigenvalue weighted by molar-refractivity contribution is 6.06. The van der Waals surface area contributed by atoms with E-state index in [1.165, 1.54) is 6.08 Å². The summed E-state index contributed by atoms with van der Waals surface area (Å²) in [5.74, 6) is -1.25. The van der Waals surface area contributed by atoms with Crippen molar-refractivity contribution in [1.29, 1.82) is 0 Å². The van der Waals surface area contributed by atoms with Crippen molar-refractivity contribution >= 4 is 11.8 Å². The highest BCUT2D eigenvalue weighted by Crippen LogP contribution is 2.25. The average Bonchev–Trinajstić information content (AvgIpc) is 2.18. The van der Waals surface area contributed by atoms with Gasteiger partial charge < -0.3 is 4.74 Å². The van der Waals surface area contributed by atoms with Crippen LogP contribution in [0.15, 0.2) is 24.3 Å². The summed E-state index contributed by atoms with van der Waals surface area (Å²) in [4.78, 5) is 23.2. The van der Waals surface area contributed by atoms with E-state index in [-0.39, 0.29) is 11.7 Å². The fourth-order valence-electron chi connectivity index (χ4n) is 1.75. The van der Waals surface area contributed by atoms with Gasteiger partial charge in [0.15, 0.2) is 5.78 Å². The lowest BCUT2D eigenvalue weighted by Crippen LogP contribution is -2.33. The molecular formula is C12H16O3. The molecule has 0 N–H and O–H groups in total. The largest absolute Gasteiger partial charge is 0.465 e. The highest BCUT2D eigenvalue weighted by atomic mass is 16.5. The molecule has 0 aromatic carbocycles. The summed E-state index contributed by atoms with van der Waals surface area (Å²) >= 11 is 0. The molecule has 3 nitrogen and oxygen atoms in total. The normalized spacial score (nSPS) is 25.9. The van der Waals surface area contributed by atoms with E-state index < -0.39 is 11.9 Å². The molecular weight excluding hydrogens is 192 g/mol. The number of rotatable bonds is 3. The number of hydrogen-bond donors (Lipinski definition) is 0. The molecule has 0 amide bonds. The van der Waals surface area contributed by atoms with Crippen LogP contribution in [0, 0.1) is 11.8 Å². The third-order valence-electron chi connectivity index (χ3n) is 2.41. The zero-order chi connectivity index (χ0) is 11.3. The molecule has 0 spiro atoms. The van der Waals surface area contributed by atoms with Crippen molar-refractivity contribution in [2.24, 2.45) is 11.8 Å². The van der Waals surface area contributed by atoms with Crippen molar-refractivity contribution < 1.29 is 14.3 Å². The van der Waals surface area contributed by atoms with Gasteiger partial charge in [-0.3, -0.25) is 9.59 Å². The molecule has 3 heteroatoms. The molecule has 0 aliphatic heterocycles. The molecule has 1 rings (SSSR count). The van der Waals surface area contributed by atoms with Crippen LogP contribution in [0.5, 0.6) is 0 Å². The third kappa shape index (κ3) is 2.78. The van der Waals surface area contributed by atoms with Crippen molar-refractivity contribution in [3.63, 3.8) is 0 Å². The Labute approximate surface area is 89.8 Å². The van der Waals surface area contributed by atoms with E-state index in [1.807, 2.05) is 25.2 Å². The van der Waals surface area contributed by atoms with Crippen LogP contribution in [0.2, 0.25) is 0 Å². The van der Waals surface area contributed by atoms with E-state index in [0.717, 1.165) is 6.42 Å². The quantitative estimate of drug-likeness (QED) is 0.404. The van der Waals surface area contributed by atoms with Crippen LogP contribution in [-0.2, 0) is 14.3 Å². The summed E-state index contributed by atoms with van der Waals surface area (Å²) in [7, 11) is 0. The molecule has 15 heavy (non-hydrogen) atoms. The summed E-state index contributed by atoms with van der Waals surface area (Å²) in [6, 6.07) is 0. The van der Waals surface area contributed by atoms with E-state index in [9.17, 15) is 9.59 Å². The van der Waals surface area contributed by atoms with Crippen molar-refractivity contribution in [1.82, 2.24) is 0 Å². The molecule has 0 bridgehead atoms. The van der Waals surface area contributed by atoms with E-state index >= 15 is 0 Å². The monoisotopic (exact) mass is 208 g/mol. The standard InChI is InChI=1S/C12H16O3/c1-3-6-9-7-5-8-10(13)11(9)12(14)15-4-2/h3,5-6,8-9,11H,4,7H2,1-2H3/b6-3+. The number of carbonyl (C=O) groups excluding carboxylic acids is 2. The summed E-state index contributed by atoms with van der Waals surface area (Å²) in [5, 5.41) is 0. The molecule has 2 atom stereocenters. The molecule has 1 aliphatic rings. The number of ketones is 1. The van der Waals surface area contributed by atoms with Crippen molar-refractivity contribution in [3.05, 3.63) is 24.3 Å². The van der Waals surface area contributed by atoms with E-state index in [1.54, 1.807) is 6.92 Å². The van der Waals surface area contributed by atoms with Crippen LogP contribution in [0.1, 0.15) is 20.3 Å². The maximum Gasteiger partial charge on any atom is 0.317 e. The molecule has 0 fully saturated rings. The lowest BCUT2D eigenvalue weighted by atomic mass is 9.82. The van der Waals surface area contributed by atoms with Gasteiger partial charge in [-0.1, -0.05) is 18.2 Å². The summed E-state index contributed by atoms with van der Waals surface area (Å²) in [6.45, 7) is 3.94. The molecule has 1 aliphatic carbocycles. The predicted molar refractivity (Wildman–Crippen MR) is 57.2 cm³/mol. The SMILES string of the molecule is C/C=C/C1CC=CC(=O)C1C(=O)OCC. The Bertz CT molecular complexity index is 302. The number of esters is 1. The van der Waals surface area contributed by atoms with Gasteiger partial charge >= 0.3 is 5.97 Å². The van der Waals surface area contributed by atoms with Gasteiger partial charge in [0, 0.05) is 5.92 Å². The first-order valence-electron chi connectivity index (χ1n) is 5.20. The number of ether oxygens (including phenoxy) is 1. The molecule has 2 unspecified atom stereocenters. The second kappa shape index (κ2) is 5.49. The molecule has 0 saturated heterocycles. The molecule has 0 aromatic rings. The number of allylic oxidation sites excluding steroid dienone is 4. The first kappa shape index (κ1) is 11.7. The summed E-state index contributed by atoms with van der Waals surface area (Å²) in [6.07, 6.45) is 7.76. The van der Waals surface area contributed by atoms with Crippen LogP contribution >= 0.6 is 0 Å². The van der Waals surface area contributed by atoms with Gasteiger partial charge in [-0.2, -0.15) is 0 Å². The van der Waals surface area contributed by atoms with Gasteiger partial charge in [0.1, 0.15) is 5.92 Å². The van der Waals surface area contributed by atoms with Crippen LogP contribution < -0.4 is 0 Å². The van der Waals surface area contributed by atoms with E-state index in [2.05, 4.69) is 0 Å². The first-order chi connectivity index (χ1) is 7.20. The zero-order valence-electron chi connectivity index (χ0n) is 9.10. The Hall–Kier alpha value is -1.38. The number of carbonyl (C=O) groups is 2. The first-order valence-corrected chi connectivity index (χ1v) is 5.20. The van der Waals surface area contributed by atoms with Crippen LogP contribution in [-0.4, -0.2) is 18.4 Å². The van der Waals surface area contributed by atoms with E-state index in [0.29, 0.717) is 6.61 Å². The van der Waals surface area contributed by atoms with Gasteiger partial charge in [-0.15, -0.1) is 0 Å². The molecule has 82 valence electrons. The average molecular weight is 208 g/mol. The van der Waals surface area contributed by atoms with Crippen LogP contribution in [0.4, 0.5) is 0 Å². The predicted octanol–water partition coefficient (Wildman–Crippen LogP) is 1.89. The number of hydrogen-bond acceptors (Lipinski definition) is 3. The minimum Gasteiger partial charge on any atom is -0.465 e. The Morgan fingerprint density at radius 1 is 1.67 bits per heavy atom. The van der Waals surface area contributed by atoms with Crippen LogP contribution in [0.3, 0.4) is 0 Å². The third-order valence-corrected chi connectivity index (χ3v) is 2.41. The van der Waals surface area contributed by atoms with Gasteiger partial charge in [0.05, 0.1) is 6.61 Å². The Morgan fingerprint density at radius 2 is 2.40 bits per heavy atom. The second-order valence-electron chi connectivity index (χ2n) is 3.46. The molecule has 0 saturated carbocycles. The molecule has 0 radical (unpaired) electrons. The van der Waals surface area contributed by atoms with Gasteiger partial charge in [-0.25, -0.2) is 0 Å². The maximum atomic E-state index is 11.6. The fourth-order valence-corrected chi connectivity index (χ4v) is 1.75. The van der Waals surface area contributed by atoms with Crippen molar-refractivity contribution in [2.75, 3.05) is 6.61 Å². The lowest BCUT2D eigenvalue weighted by molar-refractivity contribution is -0.152. The Balaban J connectivity index is 2.83. The minimum absolute atomic E-state index is 0.0495. The minimum atomic E-state index is -0.647. The molecule has 0 heterocycles.